The molecule has 1 aromatic carbocycles. The summed E-state index contributed by atoms with van der Waals surface area (Å²) in [7, 11) is 0. The summed E-state index contributed by atoms with van der Waals surface area (Å²) < 4.78 is 0. The average Bonchev–Trinajstić information content (AvgIpc) is 3.02. The van der Waals surface area contributed by atoms with Gasteiger partial charge in [-0.2, -0.15) is 0 Å². The number of rotatable bonds is 9. The Balaban J connectivity index is 0.00000312. The van der Waals surface area contributed by atoms with Gasteiger partial charge in [0, 0.05) is 34.2 Å². The normalized spacial score (nSPS) is 11.2. The lowest BCUT2D eigenvalue weighted by Crippen LogP contribution is -2.40. The lowest BCUT2D eigenvalue weighted by Gasteiger charge is -2.16. The Labute approximate surface area is 176 Å². The van der Waals surface area contributed by atoms with Gasteiger partial charge in [-0.15, -0.1) is 47.9 Å². The van der Waals surface area contributed by atoms with Crippen LogP contribution in [-0.4, -0.2) is 23.5 Å². The third-order valence-electron chi connectivity index (χ3n) is 3.70. The predicted molar refractivity (Wildman–Crippen MR) is 117 cm³/mol. The molecular formula is C18H27Cl2N3OS2. The molecule has 0 bridgehead atoms. The van der Waals surface area contributed by atoms with E-state index >= 15 is 0 Å². The highest BCUT2D eigenvalue weighted by Crippen LogP contribution is 2.23. The van der Waals surface area contributed by atoms with Crippen LogP contribution in [0, 0.1) is 6.92 Å². The maximum Gasteiger partial charge on any atom is 0.251 e. The van der Waals surface area contributed by atoms with Crippen molar-refractivity contribution in [1.82, 2.24) is 10.3 Å². The Bertz CT molecular complexity index is 650. The third-order valence-corrected chi connectivity index (χ3v) is 5.56. The van der Waals surface area contributed by atoms with E-state index in [1.54, 1.807) is 23.1 Å². The number of aromatic nitrogens is 1. The number of thiazole rings is 1. The number of nitrogens with two attached hydrogens (primary N) is 1. The first kappa shape index (κ1) is 25.2. The standard InChI is InChI=1S/C18H25N3OS2.2ClH/c1-3-4-5-15(10-19)21-18(22)14-6-8-17(9-7-14)24-12-16-11-23-13(2)20-16;;/h6-9,11,15H,3-5,10,12,19H2,1-2H3,(H,21,22);2*1H. The molecule has 3 N–H and O–H groups in total. The summed E-state index contributed by atoms with van der Waals surface area (Å²) >= 11 is 3.40. The molecule has 1 amide bonds. The first-order valence-electron chi connectivity index (χ1n) is 8.27. The van der Waals surface area contributed by atoms with Gasteiger partial charge >= 0.3 is 0 Å². The molecule has 0 aliphatic heterocycles. The lowest BCUT2D eigenvalue weighted by atomic mass is 10.1. The monoisotopic (exact) mass is 435 g/mol. The molecule has 0 aliphatic rings. The van der Waals surface area contributed by atoms with E-state index in [2.05, 4.69) is 22.6 Å². The van der Waals surface area contributed by atoms with Gasteiger partial charge in [0.2, 0.25) is 0 Å². The first-order valence-corrected chi connectivity index (χ1v) is 10.1. The van der Waals surface area contributed by atoms with Gasteiger partial charge in [0.05, 0.1) is 10.7 Å². The second-order valence-corrected chi connectivity index (χ2v) is 7.83. The van der Waals surface area contributed by atoms with Gasteiger partial charge in [0.1, 0.15) is 0 Å². The topological polar surface area (TPSA) is 68.0 Å². The molecule has 146 valence electrons. The summed E-state index contributed by atoms with van der Waals surface area (Å²) in [6, 6.07) is 7.78. The van der Waals surface area contributed by atoms with E-state index in [1.807, 2.05) is 31.2 Å². The fourth-order valence-corrected chi connectivity index (χ4v) is 3.81. The molecule has 0 saturated heterocycles. The molecule has 4 nitrogen and oxygen atoms in total. The van der Waals surface area contributed by atoms with E-state index in [9.17, 15) is 4.79 Å². The van der Waals surface area contributed by atoms with Crippen LogP contribution in [0.4, 0.5) is 0 Å². The Kier molecular flexibility index (Phi) is 13.0. The number of nitrogens with one attached hydrogen (secondary N) is 1. The third kappa shape index (κ3) is 8.27. The highest BCUT2D eigenvalue weighted by molar-refractivity contribution is 7.98. The number of thioether (sulfide) groups is 1. The van der Waals surface area contributed by atoms with Crippen molar-refractivity contribution >= 4 is 53.8 Å². The maximum absolute atomic E-state index is 12.3. The van der Waals surface area contributed by atoms with Crippen LogP contribution in [0.1, 0.15) is 47.2 Å². The molecule has 1 unspecified atom stereocenters. The summed E-state index contributed by atoms with van der Waals surface area (Å²) in [6.07, 6.45) is 3.12. The number of aryl methyl sites for hydroxylation is 1. The zero-order valence-electron chi connectivity index (χ0n) is 15.1. The van der Waals surface area contributed by atoms with Crippen molar-refractivity contribution in [3.05, 3.63) is 45.9 Å². The van der Waals surface area contributed by atoms with Crippen molar-refractivity contribution in [3.63, 3.8) is 0 Å². The van der Waals surface area contributed by atoms with Crippen molar-refractivity contribution in [1.29, 1.82) is 0 Å². The first-order chi connectivity index (χ1) is 11.6. The van der Waals surface area contributed by atoms with E-state index in [0.717, 1.165) is 40.6 Å². The maximum atomic E-state index is 12.3. The highest BCUT2D eigenvalue weighted by Gasteiger charge is 2.12. The van der Waals surface area contributed by atoms with Crippen LogP contribution in [-0.2, 0) is 5.75 Å². The van der Waals surface area contributed by atoms with Crippen LogP contribution in [0.25, 0.3) is 0 Å². The Hall–Kier alpha value is -0.790. The number of hydrogen-bond donors (Lipinski definition) is 2. The SMILES string of the molecule is CCCCC(CN)NC(=O)c1ccc(SCc2csc(C)n2)cc1.Cl.Cl. The van der Waals surface area contributed by atoms with Gasteiger partial charge in [0.25, 0.3) is 5.91 Å². The number of carbonyl (C=O) groups excluding carboxylic acids is 1. The lowest BCUT2D eigenvalue weighted by molar-refractivity contribution is 0.0935. The number of unbranched alkanes of at least 4 members (excludes halogenated alkanes) is 1. The molecule has 1 aromatic heterocycles. The van der Waals surface area contributed by atoms with Crippen LogP contribution >= 0.6 is 47.9 Å². The molecule has 0 aliphatic carbocycles. The van der Waals surface area contributed by atoms with Crippen LogP contribution in [0.15, 0.2) is 34.5 Å². The van der Waals surface area contributed by atoms with E-state index in [0.29, 0.717) is 12.1 Å². The van der Waals surface area contributed by atoms with Gasteiger partial charge in [-0.3, -0.25) is 4.79 Å². The van der Waals surface area contributed by atoms with Crippen LogP contribution in [0.3, 0.4) is 0 Å². The van der Waals surface area contributed by atoms with Crippen LogP contribution in [0.5, 0.6) is 0 Å². The van der Waals surface area contributed by atoms with E-state index in [4.69, 9.17) is 5.73 Å². The van der Waals surface area contributed by atoms with Gasteiger partial charge in [-0.1, -0.05) is 19.8 Å². The van der Waals surface area contributed by atoms with Crippen LogP contribution < -0.4 is 11.1 Å². The Morgan fingerprint density at radius 2 is 2.00 bits per heavy atom. The molecule has 2 rings (SSSR count). The van der Waals surface area contributed by atoms with Crippen molar-refractivity contribution in [2.75, 3.05) is 6.54 Å². The number of amides is 1. The second-order valence-electron chi connectivity index (χ2n) is 5.72. The second kappa shape index (κ2) is 13.4. The largest absolute Gasteiger partial charge is 0.348 e. The number of benzene rings is 1. The summed E-state index contributed by atoms with van der Waals surface area (Å²) in [4.78, 5) is 17.9. The van der Waals surface area contributed by atoms with E-state index in [1.165, 1.54) is 0 Å². The number of nitrogens with zero attached hydrogens (tertiary/aromatic N) is 1. The van der Waals surface area contributed by atoms with E-state index < -0.39 is 0 Å². The molecule has 0 spiro atoms. The van der Waals surface area contributed by atoms with Crippen molar-refractivity contribution in [2.24, 2.45) is 5.73 Å². The van der Waals surface area contributed by atoms with Gasteiger partial charge in [-0.25, -0.2) is 4.98 Å². The molecule has 0 saturated carbocycles. The predicted octanol–water partition coefficient (Wildman–Crippen LogP) is 4.83. The van der Waals surface area contributed by atoms with Crippen molar-refractivity contribution < 1.29 is 4.79 Å². The molecule has 26 heavy (non-hydrogen) atoms. The summed E-state index contributed by atoms with van der Waals surface area (Å²) in [5, 5.41) is 6.20. The molecule has 1 atom stereocenters. The Morgan fingerprint density at radius 1 is 1.31 bits per heavy atom. The summed E-state index contributed by atoms with van der Waals surface area (Å²) in [5.74, 6) is 0.801. The number of carbonyl (C=O) groups is 1. The molecule has 0 radical (unpaired) electrons. The average molecular weight is 436 g/mol. The van der Waals surface area contributed by atoms with Gasteiger partial charge in [0.15, 0.2) is 0 Å². The van der Waals surface area contributed by atoms with Gasteiger partial charge in [-0.05, 0) is 37.6 Å². The minimum Gasteiger partial charge on any atom is -0.348 e. The minimum absolute atomic E-state index is 0. The molecule has 8 heteroatoms. The molecule has 2 aromatic rings. The number of hydrogen-bond acceptors (Lipinski definition) is 5. The van der Waals surface area contributed by atoms with E-state index in [-0.39, 0.29) is 36.8 Å². The summed E-state index contributed by atoms with van der Waals surface area (Å²) in [6.45, 7) is 4.63. The van der Waals surface area contributed by atoms with Crippen molar-refractivity contribution in [2.45, 2.75) is 49.8 Å². The zero-order valence-corrected chi connectivity index (χ0v) is 18.3. The molecular weight excluding hydrogens is 409 g/mol. The zero-order chi connectivity index (χ0) is 17.4. The quantitative estimate of drug-likeness (QED) is 0.553. The summed E-state index contributed by atoms with van der Waals surface area (Å²) in [5.41, 5.74) is 7.52. The van der Waals surface area contributed by atoms with Gasteiger partial charge < -0.3 is 11.1 Å². The fraction of sp³-hybridized carbons (Fsp3) is 0.444. The minimum atomic E-state index is -0.0479. The highest BCUT2D eigenvalue weighted by atomic mass is 35.5. The molecule has 1 heterocycles. The van der Waals surface area contributed by atoms with Crippen LogP contribution in [0.2, 0.25) is 0 Å². The molecule has 0 fully saturated rings. The van der Waals surface area contributed by atoms with Crippen molar-refractivity contribution in [3.8, 4) is 0 Å². The smallest absolute Gasteiger partial charge is 0.251 e. The Morgan fingerprint density at radius 3 is 2.54 bits per heavy atom. The fourth-order valence-electron chi connectivity index (χ4n) is 2.30. The number of halogens is 2.